The number of nitrogens with two attached hydrogens (primary N) is 1. The molecule has 0 saturated heterocycles. The summed E-state index contributed by atoms with van der Waals surface area (Å²) in [6, 6.07) is 12.4. The lowest BCUT2D eigenvalue weighted by molar-refractivity contribution is 0.0996. The Hall–Kier alpha value is -3.66. The topological polar surface area (TPSA) is 147 Å². The van der Waals surface area contributed by atoms with Gasteiger partial charge >= 0.3 is 0 Å². The van der Waals surface area contributed by atoms with Crippen LogP contribution >= 0.6 is 0 Å². The van der Waals surface area contributed by atoms with Gasteiger partial charge in [0.25, 0.3) is 21.8 Å². The number of carbonyl (C=O) groups is 2. The lowest BCUT2D eigenvalue weighted by atomic mass is 10.2. The second-order valence-corrected chi connectivity index (χ2v) is 8.07. The first-order valence-electron chi connectivity index (χ1n) is 8.53. The number of nitrogens with one attached hydrogen (secondary N) is 3. The number of benzene rings is 2. The van der Waals surface area contributed by atoms with Crippen molar-refractivity contribution in [2.75, 3.05) is 10.0 Å². The van der Waals surface area contributed by atoms with Gasteiger partial charge in [0.05, 0.1) is 16.3 Å². The van der Waals surface area contributed by atoms with E-state index in [1.807, 2.05) is 6.92 Å². The molecule has 2 aromatic carbocycles. The summed E-state index contributed by atoms with van der Waals surface area (Å²) in [6.07, 6.45) is 0. The summed E-state index contributed by atoms with van der Waals surface area (Å²) in [6.45, 7) is 3.51. The zero-order valence-electron chi connectivity index (χ0n) is 15.7. The average molecular weight is 413 g/mol. The normalized spacial score (nSPS) is 11.1. The number of H-pyrrole nitrogens is 1. The van der Waals surface area contributed by atoms with E-state index in [0.29, 0.717) is 11.4 Å². The zero-order valence-corrected chi connectivity index (χ0v) is 16.5. The van der Waals surface area contributed by atoms with Gasteiger partial charge in [0, 0.05) is 11.3 Å². The number of amides is 2. The van der Waals surface area contributed by atoms with Gasteiger partial charge in [-0.25, -0.2) is 8.42 Å². The predicted octanol–water partition coefficient (Wildman–Crippen LogP) is 2.18. The zero-order chi connectivity index (χ0) is 21.2. The van der Waals surface area contributed by atoms with Gasteiger partial charge in [0.1, 0.15) is 0 Å². The molecule has 10 heteroatoms. The van der Waals surface area contributed by atoms with E-state index in [-0.39, 0.29) is 21.8 Å². The molecule has 9 nitrogen and oxygen atoms in total. The smallest absolute Gasteiger partial charge is 0.271 e. The highest BCUT2D eigenvalue weighted by atomic mass is 32.2. The third-order valence-corrected chi connectivity index (χ3v) is 5.51. The van der Waals surface area contributed by atoms with Crippen LogP contribution in [0.1, 0.15) is 32.1 Å². The van der Waals surface area contributed by atoms with Crippen molar-refractivity contribution >= 4 is 33.2 Å². The molecule has 0 aliphatic heterocycles. The monoisotopic (exact) mass is 413 g/mol. The third kappa shape index (κ3) is 4.43. The second-order valence-electron chi connectivity index (χ2n) is 6.39. The number of aromatic nitrogens is 2. The Bertz CT molecular complexity index is 1180. The molecule has 2 amide bonds. The number of nitrogens with zero attached hydrogens (tertiary/aromatic N) is 1. The Morgan fingerprint density at radius 1 is 1.07 bits per heavy atom. The van der Waals surface area contributed by atoms with Crippen molar-refractivity contribution < 1.29 is 18.0 Å². The first-order chi connectivity index (χ1) is 13.7. The lowest BCUT2D eigenvalue weighted by Gasteiger charge is -2.10. The molecule has 0 bridgehead atoms. The number of aromatic amines is 1. The SMILES string of the molecule is Cc1ccc(NS(=O)(=O)c2cccc(C(=O)Nc3c(C(N)=O)n[nH]c3C)c2)cc1. The minimum absolute atomic E-state index is 0.0789. The molecular formula is C19H19N5O4S. The van der Waals surface area contributed by atoms with Crippen LogP contribution in [0, 0.1) is 13.8 Å². The Morgan fingerprint density at radius 3 is 2.41 bits per heavy atom. The molecule has 3 rings (SSSR count). The predicted molar refractivity (Wildman–Crippen MR) is 108 cm³/mol. The van der Waals surface area contributed by atoms with Crippen LogP contribution in [0.3, 0.4) is 0 Å². The minimum atomic E-state index is -3.90. The molecule has 0 aliphatic rings. The Labute approximate surface area is 167 Å². The quantitative estimate of drug-likeness (QED) is 0.489. The van der Waals surface area contributed by atoms with Gasteiger partial charge in [-0.15, -0.1) is 0 Å². The van der Waals surface area contributed by atoms with Crippen LogP contribution in [0.2, 0.25) is 0 Å². The molecule has 0 atom stereocenters. The molecule has 5 N–H and O–H groups in total. The fourth-order valence-corrected chi connectivity index (χ4v) is 3.69. The number of aryl methyl sites for hydroxylation is 2. The highest BCUT2D eigenvalue weighted by molar-refractivity contribution is 7.92. The number of carbonyl (C=O) groups excluding carboxylic acids is 2. The van der Waals surface area contributed by atoms with E-state index in [4.69, 9.17) is 5.73 Å². The molecule has 0 spiro atoms. The summed E-state index contributed by atoms with van der Waals surface area (Å²) in [4.78, 5) is 23.9. The molecular weight excluding hydrogens is 394 g/mol. The maximum absolute atomic E-state index is 12.7. The number of hydrogen-bond acceptors (Lipinski definition) is 5. The highest BCUT2D eigenvalue weighted by Crippen LogP contribution is 2.21. The van der Waals surface area contributed by atoms with E-state index < -0.39 is 21.8 Å². The number of sulfonamides is 1. The standard InChI is InChI=1S/C19H19N5O4S/c1-11-6-8-14(9-7-11)24-29(27,28)15-5-3-4-13(10-15)19(26)21-16-12(2)22-23-17(16)18(20)25/h3-10,24H,1-2H3,(H2,20,25)(H,21,26)(H,22,23). The average Bonchev–Trinajstić information content (AvgIpc) is 3.04. The second kappa shape index (κ2) is 7.76. The van der Waals surface area contributed by atoms with Gasteiger partial charge in [-0.05, 0) is 44.2 Å². The minimum Gasteiger partial charge on any atom is -0.364 e. The van der Waals surface area contributed by atoms with Crippen LogP contribution in [0.5, 0.6) is 0 Å². The van der Waals surface area contributed by atoms with Crippen molar-refractivity contribution in [1.82, 2.24) is 10.2 Å². The van der Waals surface area contributed by atoms with Crippen molar-refractivity contribution in [3.05, 3.63) is 71.0 Å². The van der Waals surface area contributed by atoms with Gasteiger partial charge in [0.15, 0.2) is 5.69 Å². The van der Waals surface area contributed by atoms with Gasteiger partial charge in [-0.1, -0.05) is 23.8 Å². The summed E-state index contributed by atoms with van der Waals surface area (Å²) in [7, 11) is -3.90. The molecule has 29 heavy (non-hydrogen) atoms. The van der Waals surface area contributed by atoms with Crippen molar-refractivity contribution in [3.63, 3.8) is 0 Å². The molecule has 0 saturated carbocycles. The van der Waals surface area contributed by atoms with E-state index in [1.54, 1.807) is 31.2 Å². The van der Waals surface area contributed by atoms with E-state index in [1.165, 1.54) is 24.3 Å². The molecule has 0 unspecified atom stereocenters. The Balaban J connectivity index is 1.85. The summed E-state index contributed by atoms with van der Waals surface area (Å²) >= 11 is 0. The maximum atomic E-state index is 12.7. The summed E-state index contributed by atoms with van der Waals surface area (Å²) in [5.41, 5.74) is 7.22. The van der Waals surface area contributed by atoms with Gasteiger partial charge in [-0.2, -0.15) is 5.10 Å². The van der Waals surface area contributed by atoms with E-state index in [9.17, 15) is 18.0 Å². The molecule has 150 valence electrons. The van der Waals surface area contributed by atoms with Crippen LogP contribution in [0.15, 0.2) is 53.4 Å². The number of rotatable bonds is 6. The first-order valence-corrected chi connectivity index (χ1v) is 10.0. The van der Waals surface area contributed by atoms with Crippen molar-refractivity contribution in [2.45, 2.75) is 18.7 Å². The number of hydrogen-bond donors (Lipinski definition) is 4. The number of primary amides is 1. The first kappa shape index (κ1) is 20.1. The summed E-state index contributed by atoms with van der Waals surface area (Å²) < 4.78 is 27.8. The number of anilines is 2. The van der Waals surface area contributed by atoms with Crippen LogP contribution in [0.4, 0.5) is 11.4 Å². The van der Waals surface area contributed by atoms with Crippen LogP contribution in [-0.2, 0) is 10.0 Å². The Morgan fingerprint density at radius 2 is 1.76 bits per heavy atom. The third-order valence-electron chi connectivity index (χ3n) is 4.13. The molecule has 3 aromatic rings. The lowest BCUT2D eigenvalue weighted by Crippen LogP contribution is -2.19. The maximum Gasteiger partial charge on any atom is 0.271 e. The highest BCUT2D eigenvalue weighted by Gasteiger charge is 2.20. The summed E-state index contributed by atoms with van der Waals surface area (Å²) in [5, 5.41) is 8.86. The van der Waals surface area contributed by atoms with Gasteiger partial charge in [-0.3, -0.25) is 19.4 Å². The summed E-state index contributed by atoms with van der Waals surface area (Å²) in [5.74, 6) is -1.41. The van der Waals surface area contributed by atoms with Crippen LogP contribution in [-0.4, -0.2) is 30.4 Å². The Kier molecular flexibility index (Phi) is 5.37. The largest absolute Gasteiger partial charge is 0.364 e. The van der Waals surface area contributed by atoms with Crippen molar-refractivity contribution in [3.8, 4) is 0 Å². The molecule has 1 aromatic heterocycles. The van der Waals surface area contributed by atoms with Crippen LogP contribution < -0.4 is 15.8 Å². The van der Waals surface area contributed by atoms with E-state index in [0.717, 1.165) is 5.56 Å². The van der Waals surface area contributed by atoms with E-state index in [2.05, 4.69) is 20.2 Å². The van der Waals surface area contributed by atoms with Crippen molar-refractivity contribution in [2.24, 2.45) is 5.73 Å². The van der Waals surface area contributed by atoms with Gasteiger partial charge < -0.3 is 11.1 Å². The molecule has 0 radical (unpaired) electrons. The molecule has 0 fully saturated rings. The fraction of sp³-hybridized carbons (Fsp3) is 0.105. The fourth-order valence-electron chi connectivity index (χ4n) is 2.59. The molecule has 0 aliphatic carbocycles. The van der Waals surface area contributed by atoms with Gasteiger partial charge in [0.2, 0.25) is 0 Å². The van der Waals surface area contributed by atoms with E-state index >= 15 is 0 Å². The van der Waals surface area contributed by atoms with Crippen LogP contribution in [0.25, 0.3) is 0 Å². The van der Waals surface area contributed by atoms with Crippen molar-refractivity contribution in [1.29, 1.82) is 0 Å². The molecule has 1 heterocycles.